The lowest BCUT2D eigenvalue weighted by molar-refractivity contribution is 1.28. The Balaban J connectivity index is 2.08. The van der Waals surface area contributed by atoms with E-state index >= 15 is 0 Å². The van der Waals surface area contributed by atoms with Gasteiger partial charge in [0.05, 0.1) is 0 Å². The second-order valence-corrected chi connectivity index (χ2v) is 4.76. The topological polar surface area (TPSA) is 0 Å². The molecule has 0 aliphatic rings. The molecule has 19 heavy (non-hydrogen) atoms. The first-order chi connectivity index (χ1) is 9.36. The number of hydrogen-bond acceptors (Lipinski definition) is 0. The fourth-order valence-corrected chi connectivity index (χ4v) is 2.41. The van der Waals surface area contributed by atoms with E-state index in [0.29, 0.717) is 0 Å². The fraction of sp³-hybridized carbons (Fsp3) is 0.0526. The lowest BCUT2D eigenvalue weighted by Gasteiger charge is -2.06. The number of hydrogen-bond donors (Lipinski definition) is 0. The fourth-order valence-electron chi connectivity index (χ4n) is 2.41. The van der Waals surface area contributed by atoms with Gasteiger partial charge in [0.25, 0.3) is 0 Å². The van der Waals surface area contributed by atoms with Gasteiger partial charge < -0.3 is 0 Å². The summed E-state index contributed by atoms with van der Waals surface area (Å²) in [5.41, 5.74) is 3.84. The van der Waals surface area contributed by atoms with Crippen molar-refractivity contribution in [1.29, 1.82) is 0 Å². The molecular formula is C19H16. The van der Waals surface area contributed by atoms with Crippen LogP contribution in [-0.2, 0) is 6.42 Å². The maximum atomic E-state index is 3.80. The summed E-state index contributed by atoms with van der Waals surface area (Å²) in [6.07, 6.45) is 2.86. The SMILES string of the molecule is C=CCc1cccc(-c2ccc3ccccc3c2)c1. The third-order valence-electron chi connectivity index (χ3n) is 3.39. The van der Waals surface area contributed by atoms with Gasteiger partial charge in [-0.25, -0.2) is 0 Å². The van der Waals surface area contributed by atoms with Crippen molar-refractivity contribution in [3.8, 4) is 11.1 Å². The van der Waals surface area contributed by atoms with Gasteiger partial charge >= 0.3 is 0 Å². The highest BCUT2D eigenvalue weighted by molar-refractivity contribution is 5.87. The lowest BCUT2D eigenvalue weighted by atomic mass is 9.99. The summed E-state index contributed by atoms with van der Waals surface area (Å²) in [6.45, 7) is 3.80. The van der Waals surface area contributed by atoms with E-state index < -0.39 is 0 Å². The minimum absolute atomic E-state index is 0.918. The predicted octanol–water partition coefficient (Wildman–Crippen LogP) is 5.24. The highest BCUT2D eigenvalue weighted by Crippen LogP contribution is 2.25. The molecule has 3 aromatic rings. The van der Waals surface area contributed by atoms with E-state index in [0.717, 1.165) is 6.42 Å². The molecule has 3 rings (SSSR count). The first-order valence-corrected chi connectivity index (χ1v) is 6.56. The lowest BCUT2D eigenvalue weighted by Crippen LogP contribution is -1.83. The molecule has 0 saturated heterocycles. The van der Waals surface area contributed by atoms with Crippen LogP contribution in [0, 0.1) is 0 Å². The molecular weight excluding hydrogens is 228 g/mol. The van der Waals surface area contributed by atoms with Crippen molar-refractivity contribution in [3.63, 3.8) is 0 Å². The predicted molar refractivity (Wildman–Crippen MR) is 83.3 cm³/mol. The molecule has 0 N–H and O–H groups in total. The van der Waals surface area contributed by atoms with Gasteiger partial charge in [-0.2, -0.15) is 0 Å². The van der Waals surface area contributed by atoms with Crippen molar-refractivity contribution in [2.45, 2.75) is 6.42 Å². The van der Waals surface area contributed by atoms with Gasteiger partial charge in [-0.1, -0.05) is 66.7 Å². The zero-order valence-corrected chi connectivity index (χ0v) is 10.8. The van der Waals surface area contributed by atoms with Crippen LogP contribution < -0.4 is 0 Å². The van der Waals surface area contributed by atoms with Crippen LogP contribution >= 0.6 is 0 Å². The van der Waals surface area contributed by atoms with Crippen LogP contribution in [0.15, 0.2) is 79.4 Å². The van der Waals surface area contributed by atoms with Gasteiger partial charge in [0.2, 0.25) is 0 Å². The molecule has 3 aromatic carbocycles. The monoisotopic (exact) mass is 244 g/mol. The summed E-state index contributed by atoms with van der Waals surface area (Å²) in [6, 6.07) is 23.8. The molecule has 92 valence electrons. The van der Waals surface area contributed by atoms with Crippen LogP contribution in [0.3, 0.4) is 0 Å². The van der Waals surface area contributed by atoms with Crippen molar-refractivity contribution < 1.29 is 0 Å². The van der Waals surface area contributed by atoms with Crippen LogP contribution in [0.1, 0.15) is 5.56 Å². The average molecular weight is 244 g/mol. The van der Waals surface area contributed by atoms with Crippen molar-refractivity contribution >= 4 is 10.8 Å². The van der Waals surface area contributed by atoms with E-state index in [-0.39, 0.29) is 0 Å². The second kappa shape index (κ2) is 5.11. The molecule has 0 bridgehead atoms. The summed E-state index contributed by atoms with van der Waals surface area (Å²) in [4.78, 5) is 0. The Labute approximate surface area is 114 Å². The number of benzene rings is 3. The molecule has 0 aliphatic carbocycles. The first-order valence-electron chi connectivity index (χ1n) is 6.56. The molecule has 0 saturated carbocycles. The number of rotatable bonds is 3. The van der Waals surface area contributed by atoms with Crippen molar-refractivity contribution in [2.24, 2.45) is 0 Å². The zero-order chi connectivity index (χ0) is 13.1. The molecule has 0 heteroatoms. The first kappa shape index (κ1) is 11.7. The average Bonchev–Trinajstić information content (AvgIpc) is 2.47. The van der Waals surface area contributed by atoms with E-state index in [1.165, 1.54) is 27.5 Å². The van der Waals surface area contributed by atoms with Gasteiger partial charge in [-0.05, 0) is 39.9 Å². The van der Waals surface area contributed by atoms with Crippen molar-refractivity contribution in [3.05, 3.63) is 84.9 Å². The Morgan fingerprint density at radius 2 is 1.53 bits per heavy atom. The van der Waals surface area contributed by atoms with Crippen LogP contribution in [0.5, 0.6) is 0 Å². The molecule has 0 heterocycles. The highest BCUT2D eigenvalue weighted by Gasteiger charge is 2.00. The van der Waals surface area contributed by atoms with Gasteiger partial charge in [0.1, 0.15) is 0 Å². The Morgan fingerprint density at radius 1 is 0.737 bits per heavy atom. The normalized spacial score (nSPS) is 10.5. The van der Waals surface area contributed by atoms with Crippen molar-refractivity contribution in [1.82, 2.24) is 0 Å². The molecule has 0 nitrogen and oxygen atoms in total. The Hall–Kier alpha value is -2.34. The summed E-state index contributed by atoms with van der Waals surface area (Å²) >= 11 is 0. The molecule has 0 spiro atoms. The van der Waals surface area contributed by atoms with Gasteiger partial charge in [-0.3, -0.25) is 0 Å². The third kappa shape index (κ3) is 2.43. The minimum atomic E-state index is 0.918. The van der Waals surface area contributed by atoms with Crippen LogP contribution in [-0.4, -0.2) is 0 Å². The van der Waals surface area contributed by atoms with Crippen LogP contribution in [0.4, 0.5) is 0 Å². The van der Waals surface area contributed by atoms with Crippen LogP contribution in [0.25, 0.3) is 21.9 Å². The summed E-state index contributed by atoms with van der Waals surface area (Å²) in [5.74, 6) is 0. The zero-order valence-electron chi connectivity index (χ0n) is 10.8. The Bertz CT molecular complexity index is 723. The summed E-state index contributed by atoms with van der Waals surface area (Å²) < 4.78 is 0. The molecule has 0 fully saturated rings. The number of allylic oxidation sites excluding steroid dienone is 1. The molecule has 0 aromatic heterocycles. The minimum Gasteiger partial charge on any atom is -0.103 e. The van der Waals surface area contributed by atoms with Gasteiger partial charge in [0, 0.05) is 0 Å². The van der Waals surface area contributed by atoms with E-state index in [1.807, 2.05) is 6.08 Å². The van der Waals surface area contributed by atoms with E-state index in [1.54, 1.807) is 0 Å². The van der Waals surface area contributed by atoms with E-state index in [4.69, 9.17) is 0 Å². The molecule has 0 amide bonds. The molecule has 0 radical (unpaired) electrons. The van der Waals surface area contributed by atoms with Crippen LogP contribution in [0.2, 0.25) is 0 Å². The largest absolute Gasteiger partial charge is 0.103 e. The third-order valence-corrected chi connectivity index (χ3v) is 3.39. The Kier molecular flexibility index (Phi) is 3.16. The quantitative estimate of drug-likeness (QED) is 0.553. The standard InChI is InChI=1S/C19H16/c1-2-6-15-7-5-10-17(13-15)19-12-11-16-8-3-4-9-18(16)14-19/h2-5,7-14H,1,6H2. The number of fused-ring (bicyclic) bond motifs is 1. The molecule has 0 aliphatic heterocycles. The maximum absolute atomic E-state index is 3.80. The van der Waals surface area contributed by atoms with E-state index in [9.17, 15) is 0 Å². The highest BCUT2D eigenvalue weighted by atomic mass is 14.0. The second-order valence-electron chi connectivity index (χ2n) is 4.76. The van der Waals surface area contributed by atoms with E-state index in [2.05, 4.69) is 73.3 Å². The summed E-state index contributed by atoms with van der Waals surface area (Å²) in [5, 5.41) is 2.57. The smallest absolute Gasteiger partial charge is 0.00999 e. The van der Waals surface area contributed by atoms with Gasteiger partial charge in [-0.15, -0.1) is 6.58 Å². The molecule has 0 unspecified atom stereocenters. The summed E-state index contributed by atoms with van der Waals surface area (Å²) in [7, 11) is 0. The van der Waals surface area contributed by atoms with Gasteiger partial charge in [0.15, 0.2) is 0 Å². The van der Waals surface area contributed by atoms with Crippen molar-refractivity contribution in [2.75, 3.05) is 0 Å². The Morgan fingerprint density at radius 3 is 2.37 bits per heavy atom. The maximum Gasteiger partial charge on any atom is -0.00999 e. The molecule has 0 atom stereocenters.